The highest BCUT2D eigenvalue weighted by atomic mass is 14.6. The van der Waals surface area contributed by atoms with Gasteiger partial charge in [-0.15, -0.1) is 0 Å². The molecule has 0 bridgehead atoms. The molecule has 1 unspecified atom stereocenters. The maximum Gasteiger partial charge on any atom is 0.0921 e. The molecule has 0 radical (unpaired) electrons. The Bertz CT molecular complexity index is 362. The molecule has 0 aliphatic heterocycles. The molecule has 1 aromatic rings. The minimum absolute atomic E-state index is 0.115. The van der Waals surface area contributed by atoms with Crippen molar-refractivity contribution in [2.45, 2.75) is 25.8 Å². The van der Waals surface area contributed by atoms with Crippen molar-refractivity contribution >= 4 is 0 Å². The molecule has 2 N–H and O–H groups in total. The van der Waals surface area contributed by atoms with Crippen molar-refractivity contribution in [2.75, 3.05) is 0 Å². The molecule has 1 atom stereocenters. The van der Waals surface area contributed by atoms with Crippen LogP contribution in [0, 0.1) is 24.7 Å². The zero-order valence-electron chi connectivity index (χ0n) is 8.46. The molecule has 0 amide bonds. The lowest BCUT2D eigenvalue weighted by atomic mass is 10.1. The van der Waals surface area contributed by atoms with Crippen LogP contribution in [0.4, 0.5) is 0 Å². The van der Waals surface area contributed by atoms with Gasteiger partial charge in [0.1, 0.15) is 0 Å². The topological polar surface area (TPSA) is 26.0 Å². The number of aryl methyl sites for hydroxylation is 1. The Balaban J connectivity index is 2.07. The molecular weight excluding hydrogens is 170 g/mol. The predicted octanol–water partition coefficient (Wildman–Crippen LogP) is 2.41. The molecule has 2 rings (SSSR count). The van der Waals surface area contributed by atoms with Crippen molar-refractivity contribution < 1.29 is 0 Å². The van der Waals surface area contributed by atoms with Gasteiger partial charge in [0.25, 0.3) is 0 Å². The first kappa shape index (κ1) is 9.30. The van der Waals surface area contributed by atoms with Crippen LogP contribution in [0.25, 0.3) is 0 Å². The molecule has 1 heteroatoms. The second-order valence-corrected chi connectivity index (χ2v) is 3.95. The molecular formula is C13H15N. The second-order valence-electron chi connectivity index (χ2n) is 3.95. The largest absolute Gasteiger partial charge is 0.314 e. The smallest absolute Gasteiger partial charge is 0.0921 e. The van der Waals surface area contributed by atoms with E-state index in [-0.39, 0.29) is 6.04 Å². The van der Waals surface area contributed by atoms with Crippen LogP contribution in [-0.2, 0) is 0 Å². The van der Waals surface area contributed by atoms with Gasteiger partial charge in [-0.1, -0.05) is 41.7 Å². The van der Waals surface area contributed by atoms with E-state index < -0.39 is 0 Å². The predicted molar refractivity (Wildman–Crippen MR) is 58.6 cm³/mol. The Morgan fingerprint density at radius 3 is 2.50 bits per heavy atom. The first-order valence-electron chi connectivity index (χ1n) is 5.09. The average Bonchev–Trinajstić information content (AvgIpc) is 2.99. The monoisotopic (exact) mass is 185 g/mol. The van der Waals surface area contributed by atoms with Crippen molar-refractivity contribution in [2.24, 2.45) is 11.7 Å². The van der Waals surface area contributed by atoms with Crippen LogP contribution in [0.5, 0.6) is 0 Å². The van der Waals surface area contributed by atoms with Crippen LogP contribution in [-0.4, -0.2) is 0 Å². The van der Waals surface area contributed by atoms with Gasteiger partial charge in [0, 0.05) is 5.92 Å². The van der Waals surface area contributed by atoms with E-state index in [1.54, 1.807) is 0 Å². The quantitative estimate of drug-likeness (QED) is 0.668. The van der Waals surface area contributed by atoms with Crippen LogP contribution in [0.1, 0.15) is 30.0 Å². The van der Waals surface area contributed by atoms with Crippen molar-refractivity contribution in [3.63, 3.8) is 0 Å². The molecule has 0 spiro atoms. The summed E-state index contributed by atoms with van der Waals surface area (Å²) in [5, 5.41) is 0. The minimum atomic E-state index is -0.115. The highest BCUT2D eigenvalue weighted by Gasteiger charge is 2.18. The van der Waals surface area contributed by atoms with E-state index in [4.69, 9.17) is 5.73 Å². The van der Waals surface area contributed by atoms with E-state index in [9.17, 15) is 0 Å². The van der Waals surface area contributed by atoms with Crippen LogP contribution in [0.3, 0.4) is 0 Å². The Morgan fingerprint density at radius 2 is 1.93 bits per heavy atom. The number of hydrogen-bond acceptors (Lipinski definition) is 1. The summed E-state index contributed by atoms with van der Waals surface area (Å²) in [6, 6.07) is 8.15. The van der Waals surface area contributed by atoms with Crippen LogP contribution in [0.15, 0.2) is 24.3 Å². The third kappa shape index (κ3) is 2.37. The van der Waals surface area contributed by atoms with E-state index in [1.807, 2.05) is 0 Å². The summed E-state index contributed by atoms with van der Waals surface area (Å²) < 4.78 is 0. The highest BCUT2D eigenvalue weighted by molar-refractivity contribution is 5.30. The molecule has 72 valence electrons. The van der Waals surface area contributed by atoms with E-state index in [0.717, 1.165) is 5.56 Å². The third-order valence-electron chi connectivity index (χ3n) is 2.46. The molecule has 1 aromatic carbocycles. The normalized spacial score (nSPS) is 17.0. The molecule has 1 fully saturated rings. The maximum atomic E-state index is 5.95. The molecule has 1 nitrogen and oxygen atoms in total. The molecule has 0 heterocycles. The first-order chi connectivity index (χ1) is 6.75. The summed E-state index contributed by atoms with van der Waals surface area (Å²) in [5.41, 5.74) is 8.32. The van der Waals surface area contributed by atoms with Gasteiger partial charge in [0.15, 0.2) is 0 Å². The summed E-state index contributed by atoms with van der Waals surface area (Å²) in [4.78, 5) is 0. The number of hydrogen-bond donors (Lipinski definition) is 1. The minimum Gasteiger partial charge on any atom is -0.314 e. The molecule has 0 aromatic heterocycles. The zero-order chi connectivity index (χ0) is 9.97. The summed E-state index contributed by atoms with van der Waals surface area (Å²) in [7, 11) is 0. The van der Waals surface area contributed by atoms with Gasteiger partial charge in [0.2, 0.25) is 0 Å². The fourth-order valence-electron chi connectivity index (χ4n) is 1.29. The van der Waals surface area contributed by atoms with Crippen LogP contribution < -0.4 is 5.73 Å². The number of rotatable bonds is 1. The summed E-state index contributed by atoms with van der Waals surface area (Å²) in [5.74, 6) is 6.93. The van der Waals surface area contributed by atoms with Gasteiger partial charge in [-0.25, -0.2) is 0 Å². The average molecular weight is 185 g/mol. The lowest BCUT2D eigenvalue weighted by Gasteiger charge is -2.04. The Morgan fingerprint density at radius 1 is 1.29 bits per heavy atom. The van der Waals surface area contributed by atoms with Crippen LogP contribution in [0.2, 0.25) is 0 Å². The third-order valence-corrected chi connectivity index (χ3v) is 2.46. The van der Waals surface area contributed by atoms with Crippen molar-refractivity contribution in [1.82, 2.24) is 0 Å². The fourth-order valence-corrected chi connectivity index (χ4v) is 1.29. The number of benzene rings is 1. The molecule has 1 aliphatic rings. The van der Waals surface area contributed by atoms with Gasteiger partial charge in [-0.05, 0) is 25.3 Å². The molecule has 14 heavy (non-hydrogen) atoms. The van der Waals surface area contributed by atoms with Gasteiger partial charge < -0.3 is 5.73 Å². The van der Waals surface area contributed by atoms with Gasteiger partial charge in [0.05, 0.1) is 6.04 Å². The first-order valence-corrected chi connectivity index (χ1v) is 5.09. The van der Waals surface area contributed by atoms with Crippen molar-refractivity contribution in [1.29, 1.82) is 0 Å². The number of nitrogens with two attached hydrogens (primary N) is 1. The Kier molecular flexibility index (Phi) is 2.56. The molecule has 0 saturated heterocycles. The van der Waals surface area contributed by atoms with Gasteiger partial charge in [-0.2, -0.15) is 0 Å². The lowest BCUT2D eigenvalue weighted by molar-refractivity contribution is 0.939. The van der Waals surface area contributed by atoms with Crippen molar-refractivity contribution in [3.8, 4) is 11.8 Å². The molecule has 1 aliphatic carbocycles. The molecule has 1 saturated carbocycles. The van der Waals surface area contributed by atoms with Gasteiger partial charge in [-0.3, -0.25) is 0 Å². The van der Waals surface area contributed by atoms with E-state index in [0.29, 0.717) is 5.92 Å². The van der Waals surface area contributed by atoms with E-state index in [2.05, 4.69) is 43.0 Å². The second kappa shape index (κ2) is 3.86. The Hall–Kier alpha value is -1.26. The Labute approximate surface area is 85.3 Å². The highest BCUT2D eigenvalue weighted by Crippen LogP contribution is 2.27. The fraction of sp³-hybridized carbons (Fsp3) is 0.385. The zero-order valence-corrected chi connectivity index (χ0v) is 8.46. The maximum absolute atomic E-state index is 5.95. The van der Waals surface area contributed by atoms with E-state index >= 15 is 0 Å². The van der Waals surface area contributed by atoms with E-state index in [1.165, 1.54) is 18.4 Å². The van der Waals surface area contributed by atoms with Crippen molar-refractivity contribution in [3.05, 3.63) is 35.4 Å². The summed E-state index contributed by atoms with van der Waals surface area (Å²) >= 11 is 0. The SMILES string of the molecule is Cc1ccc(C(N)C#CC2CC2)cc1. The summed E-state index contributed by atoms with van der Waals surface area (Å²) in [6.07, 6.45) is 2.52. The van der Waals surface area contributed by atoms with Crippen LogP contribution >= 0.6 is 0 Å². The lowest BCUT2D eigenvalue weighted by Crippen LogP contribution is -2.07. The standard InChI is InChI=1S/C13H15N/c1-10-2-7-12(8-3-10)13(14)9-6-11-4-5-11/h2-3,7-8,11,13H,4-5,14H2,1H3. The van der Waals surface area contributed by atoms with Gasteiger partial charge >= 0.3 is 0 Å². The summed E-state index contributed by atoms with van der Waals surface area (Å²) in [6.45, 7) is 2.07.